The first-order valence-corrected chi connectivity index (χ1v) is 7.77. The molecule has 1 aliphatic rings. The number of carbonyl (C=O) groups excluding carboxylic acids is 1. The number of ether oxygens (including phenoxy) is 1. The molecule has 0 aliphatic carbocycles. The summed E-state index contributed by atoms with van der Waals surface area (Å²) in [6.07, 6.45) is 1.79. The molecule has 1 aromatic heterocycles. The van der Waals surface area contributed by atoms with Crippen LogP contribution in [0.25, 0.3) is 11.5 Å². The molecule has 2 heterocycles. The first kappa shape index (κ1) is 15.7. The lowest BCUT2D eigenvalue weighted by atomic mass is 10.2. The van der Waals surface area contributed by atoms with Crippen LogP contribution in [0, 0.1) is 0 Å². The van der Waals surface area contributed by atoms with Crippen LogP contribution in [0.3, 0.4) is 0 Å². The first-order chi connectivity index (χ1) is 11.2. The quantitative estimate of drug-likeness (QED) is 0.901. The van der Waals surface area contributed by atoms with Gasteiger partial charge in [-0.1, -0.05) is 18.2 Å². The van der Waals surface area contributed by atoms with Gasteiger partial charge in [0.25, 0.3) is 0 Å². The molecule has 23 heavy (non-hydrogen) atoms. The van der Waals surface area contributed by atoms with Crippen molar-refractivity contribution in [2.45, 2.75) is 12.5 Å². The standard InChI is InChI=1S/C17H21N3O3/c1-20-7-8-22-15(11-20)10-18-16(21)9-14-12-23-17(19-14)13-5-3-2-4-6-13/h2-6,12,15H,7-11H2,1H3,(H,18,21)/t15-/m0/s1. The summed E-state index contributed by atoms with van der Waals surface area (Å²) in [5.74, 6) is 0.459. The van der Waals surface area contributed by atoms with E-state index in [-0.39, 0.29) is 18.4 Å². The van der Waals surface area contributed by atoms with Crippen LogP contribution in [0.5, 0.6) is 0 Å². The number of morpholine rings is 1. The summed E-state index contributed by atoms with van der Waals surface area (Å²) in [5, 5.41) is 2.90. The molecule has 2 aromatic rings. The summed E-state index contributed by atoms with van der Waals surface area (Å²) in [5.41, 5.74) is 1.53. The Kier molecular flexibility index (Phi) is 5.05. The number of oxazole rings is 1. The maximum atomic E-state index is 12.0. The third-order valence-corrected chi connectivity index (χ3v) is 3.78. The maximum absolute atomic E-state index is 12.0. The zero-order chi connectivity index (χ0) is 16.1. The van der Waals surface area contributed by atoms with Crippen molar-refractivity contribution in [1.82, 2.24) is 15.2 Å². The smallest absolute Gasteiger partial charge is 0.226 e. The summed E-state index contributed by atoms with van der Waals surface area (Å²) in [6, 6.07) is 9.63. The van der Waals surface area contributed by atoms with Crippen LogP contribution in [0.4, 0.5) is 0 Å². The molecule has 1 amide bonds. The molecule has 0 bridgehead atoms. The Morgan fingerprint density at radius 2 is 2.22 bits per heavy atom. The van der Waals surface area contributed by atoms with E-state index in [9.17, 15) is 4.79 Å². The second-order valence-corrected chi connectivity index (χ2v) is 5.75. The maximum Gasteiger partial charge on any atom is 0.226 e. The van der Waals surface area contributed by atoms with Crippen LogP contribution in [-0.4, -0.2) is 55.2 Å². The molecule has 6 heteroatoms. The van der Waals surface area contributed by atoms with Crippen molar-refractivity contribution >= 4 is 5.91 Å². The molecular formula is C17H21N3O3. The predicted octanol–water partition coefficient (Wildman–Crippen LogP) is 1.33. The molecule has 1 fully saturated rings. The van der Waals surface area contributed by atoms with Crippen molar-refractivity contribution < 1.29 is 13.9 Å². The first-order valence-electron chi connectivity index (χ1n) is 7.77. The minimum absolute atomic E-state index is 0.0508. The summed E-state index contributed by atoms with van der Waals surface area (Å²) in [4.78, 5) is 18.6. The number of nitrogens with one attached hydrogen (secondary N) is 1. The van der Waals surface area contributed by atoms with E-state index in [0.29, 0.717) is 24.7 Å². The van der Waals surface area contributed by atoms with Crippen molar-refractivity contribution in [1.29, 1.82) is 0 Å². The SMILES string of the molecule is CN1CCO[C@@H](CNC(=O)Cc2coc(-c3ccccc3)n2)C1. The van der Waals surface area contributed by atoms with E-state index in [1.54, 1.807) is 0 Å². The monoisotopic (exact) mass is 315 g/mol. The molecule has 0 unspecified atom stereocenters. The minimum atomic E-state index is -0.0743. The van der Waals surface area contributed by atoms with Gasteiger partial charge in [0, 0.05) is 25.2 Å². The van der Waals surface area contributed by atoms with E-state index in [1.165, 1.54) is 6.26 Å². The van der Waals surface area contributed by atoms with Gasteiger partial charge in [-0.3, -0.25) is 4.79 Å². The third-order valence-electron chi connectivity index (χ3n) is 3.78. The Bertz CT molecular complexity index is 642. The summed E-state index contributed by atoms with van der Waals surface area (Å²) < 4.78 is 11.1. The van der Waals surface area contributed by atoms with Gasteiger partial charge in [-0.25, -0.2) is 4.98 Å². The zero-order valence-electron chi connectivity index (χ0n) is 13.2. The number of hydrogen-bond donors (Lipinski definition) is 1. The zero-order valence-corrected chi connectivity index (χ0v) is 13.2. The number of carbonyl (C=O) groups is 1. The molecule has 1 aromatic carbocycles. The van der Waals surface area contributed by atoms with Crippen molar-refractivity contribution in [3.8, 4) is 11.5 Å². The Morgan fingerprint density at radius 3 is 3.00 bits per heavy atom. The van der Waals surface area contributed by atoms with E-state index in [2.05, 4.69) is 22.2 Å². The number of likely N-dealkylation sites (N-methyl/N-ethyl adjacent to an activating group) is 1. The van der Waals surface area contributed by atoms with Crippen LogP contribution in [-0.2, 0) is 16.0 Å². The number of hydrogen-bond acceptors (Lipinski definition) is 5. The second-order valence-electron chi connectivity index (χ2n) is 5.75. The van der Waals surface area contributed by atoms with Crippen LogP contribution in [0.1, 0.15) is 5.69 Å². The van der Waals surface area contributed by atoms with E-state index in [4.69, 9.17) is 9.15 Å². The number of rotatable bonds is 5. The Balaban J connectivity index is 1.49. The topological polar surface area (TPSA) is 67.6 Å². The normalized spacial score (nSPS) is 18.7. The number of nitrogens with zero attached hydrogens (tertiary/aromatic N) is 2. The molecule has 6 nitrogen and oxygen atoms in total. The minimum Gasteiger partial charge on any atom is -0.444 e. The van der Waals surface area contributed by atoms with Gasteiger partial charge in [-0.15, -0.1) is 0 Å². The highest BCUT2D eigenvalue weighted by Gasteiger charge is 2.18. The third kappa shape index (κ3) is 4.40. The fourth-order valence-electron chi connectivity index (χ4n) is 2.55. The molecule has 0 spiro atoms. The molecule has 0 saturated carbocycles. The van der Waals surface area contributed by atoms with Crippen molar-refractivity contribution in [2.75, 3.05) is 33.3 Å². The number of aromatic nitrogens is 1. The highest BCUT2D eigenvalue weighted by Crippen LogP contribution is 2.18. The Hall–Kier alpha value is -2.18. The predicted molar refractivity (Wildman–Crippen MR) is 85.9 cm³/mol. The van der Waals surface area contributed by atoms with Gasteiger partial charge in [-0.05, 0) is 19.2 Å². The van der Waals surface area contributed by atoms with E-state index in [0.717, 1.165) is 18.7 Å². The van der Waals surface area contributed by atoms with Gasteiger partial charge in [0.05, 0.1) is 24.8 Å². The Labute approximate surface area is 135 Å². The van der Waals surface area contributed by atoms with E-state index < -0.39 is 0 Å². The summed E-state index contributed by atoms with van der Waals surface area (Å²) >= 11 is 0. The lowest BCUT2D eigenvalue weighted by Gasteiger charge is -2.30. The number of benzene rings is 1. The van der Waals surface area contributed by atoms with Crippen LogP contribution >= 0.6 is 0 Å². The van der Waals surface area contributed by atoms with Gasteiger partial charge < -0.3 is 19.4 Å². The van der Waals surface area contributed by atoms with Gasteiger partial charge in [0.2, 0.25) is 11.8 Å². The lowest BCUT2D eigenvalue weighted by molar-refractivity contribution is -0.121. The molecule has 122 valence electrons. The van der Waals surface area contributed by atoms with Gasteiger partial charge in [0.1, 0.15) is 6.26 Å². The van der Waals surface area contributed by atoms with Crippen LogP contribution in [0.15, 0.2) is 41.0 Å². The molecule has 1 atom stereocenters. The largest absolute Gasteiger partial charge is 0.444 e. The molecule has 1 saturated heterocycles. The highest BCUT2D eigenvalue weighted by molar-refractivity contribution is 5.78. The second kappa shape index (κ2) is 7.39. The molecule has 1 N–H and O–H groups in total. The van der Waals surface area contributed by atoms with Crippen molar-refractivity contribution in [2.24, 2.45) is 0 Å². The highest BCUT2D eigenvalue weighted by atomic mass is 16.5. The average molecular weight is 315 g/mol. The summed E-state index contributed by atoms with van der Waals surface area (Å²) in [7, 11) is 2.05. The van der Waals surface area contributed by atoms with Gasteiger partial charge in [0.15, 0.2) is 0 Å². The van der Waals surface area contributed by atoms with Crippen molar-refractivity contribution in [3.63, 3.8) is 0 Å². The average Bonchev–Trinajstić information content (AvgIpc) is 3.02. The fourth-order valence-corrected chi connectivity index (χ4v) is 2.55. The lowest BCUT2D eigenvalue weighted by Crippen LogP contribution is -2.46. The fraction of sp³-hybridized carbons (Fsp3) is 0.412. The van der Waals surface area contributed by atoms with Crippen molar-refractivity contribution in [3.05, 3.63) is 42.3 Å². The molecule has 1 aliphatic heterocycles. The van der Waals surface area contributed by atoms with Gasteiger partial charge in [-0.2, -0.15) is 0 Å². The molecular weight excluding hydrogens is 294 g/mol. The molecule has 3 rings (SSSR count). The van der Waals surface area contributed by atoms with E-state index in [1.807, 2.05) is 30.3 Å². The summed E-state index contributed by atoms with van der Waals surface area (Å²) in [6.45, 7) is 3.00. The molecule has 0 radical (unpaired) electrons. The Morgan fingerprint density at radius 1 is 1.39 bits per heavy atom. The van der Waals surface area contributed by atoms with E-state index >= 15 is 0 Å². The van der Waals surface area contributed by atoms with Crippen LogP contribution < -0.4 is 5.32 Å². The number of amides is 1. The van der Waals surface area contributed by atoms with Crippen LogP contribution in [0.2, 0.25) is 0 Å². The van der Waals surface area contributed by atoms with Gasteiger partial charge >= 0.3 is 0 Å².